The number of aryl methyl sites for hydroxylation is 1. The molecule has 114 valence electrons. The van der Waals surface area contributed by atoms with E-state index in [0.29, 0.717) is 16.4 Å². The number of benzene rings is 2. The lowest BCUT2D eigenvalue weighted by atomic mass is 10.2. The Labute approximate surface area is 136 Å². The number of hydrogen-bond donors (Lipinski definition) is 2. The fourth-order valence-corrected chi connectivity index (χ4v) is 3.02. The van der Waals surface area contributed by atoms with Gasteiger partial charge in [0.2, 0.25) is 0 Å². The number of anilines is 2. The molecule has 4 aromatic rings. The molecule has 0 aliphatic heterocycles. The van der Waals surface area contributed by atoms with Gasteiger partial charge in [0.25, 0.3) is 0 Å². The Kier molecular flexibility index (Phi) is 3.31. The molecule has 2 N–H and O–H groups in total. The Balaban J connectivity index is 1.62. The Bertz CT molecular complexity index is 956. The van der Waals surface area contributed by atoms with Crippen molar-refractivity contribution in [2.75, 3.05) is 5.32 Å². The number of fused-ring (bicyclic) bond motifs is 1. The number of para-hydroxylation sites is 2. The fraction of sp³-hybridized carbons (Fsp3) is 0.0588. The monoisotopic (exact) mass is 324 g/mol. The zero-order valence-electron chi connectivity index (χ0n) is 12.3. The molecule has 23 heavy (non-hydrogen) atoms. The second kappa shape index (κ2) is 5.48. The minimum Gasteiger partial charge on any atom is -0.337 e. The highest BCUT2D eigenvalue weighted by atomic mass is 32.1. The zero-order chi connectivity index (χ0) is 15.8. The number of H-pyrrole nitrogens is 1. The van der Waals surface area contributed by atoms with Crippen molar-refractivity contribution >= 4 is 33.2 Å². The van der Waals surface area contributed by atoms with Crippen LogP contribution >= 0.6 is 11.3 Å². The average molecular weight is 324 g/mol. The smallest absolute Gasteiger partial charge is 0.187 e. The number of hydrogen-bond acceptors (Lipinski definition) is 4. The van der Waals surface area contributed by atoms with Gasteiger partial charge in [-0.15, -0.1) is 11.3 Å². The Morgan fingerprint density at radius 3 is 2.83 bits per heavy atom. The second-order valence-electron chi connectivity index (χ2n) is 5.23. The summed E-state index contributed by atoms with van der Waals surface area (Å²) in [6.45, 7) is 1.74. The largest absolute Gasteiger partial charge is 0.337 e. The van der Waals surface area contributed by atoms with Crippen molar-refractivity contribution < 1.29 is 4.39 Å². The summed E-state index contributed by atoms with van der Waals surface area (Å²) < 4.78 is 13.6. The molecule has 6 heteroatoms. The highest BCUT2D eigenvalue weighted by Gasteiger charge is 2.10. The molecule has 0 aliphatic rings. The molecule has 0 bridgehead atoms. The minimum atomic E-state index is -0.232. The predicted molar refractivity (Wildman–Crippen MR) is 91.6 cm³/mol. The van der Waals surface area contributed by atoms with Gasteiger partial charge in [-0.3, -0.25) is 0 Å². The molecule has 0 aliphatic carbocycles. The van der Waals surface area contributed by atoms with Gasteiger partial charge < -0.3 is 10.3 Å². The van der Waals surface area contributed by atoms with Gasteiger partial charge in [0.1, 0.15) is 11.5 Å². The fourth-order valence-electron chi connectivity index (χ4n) is 2.31. The third-order valence-electron chi connectivity index (χ3n) is 3.56. The third kappa shape index (κ3) is 2.68. The van der Waals surface area contributed by atoms with Crippen molar-refractivity contribution in [3.63, 3.8) is 0 Å². The summed E-state index contributed by atoms with van der Waals surface area (Å²) in [6, 6.07) is 12.9. The summed E-state index contributed by atoms with van der Waals surface area (Å²) in [5.41, 5.74) is 3.95. The van der Waals surface area contributed by atoms with Crippen LogP contribution in [0.4, 0.5) is 15.2 Å². The molecule has 0 radical (unpaired) electrons. The van der Waals surface area contributed by atoms with Crippen LogP contribution in [0, 0.1) is 12.7 Å². The molecule has 0 saturated carbocycles. The van der Waals surface area contributed by atoms with Gasteiger partial charge in [-0.2, -0.15) is 0 Å². The summed E-state index contributed by atoms with van der Waals surface area (Å²) in [7, 11) is 0. The van der Waals surface area contributed by atoms with Crippen molar-refractivity contribution in [2.24, 2.45) is 0 Å². The molecule has 2 heterocycles. The van der Waals surface area contributed by atoms with Crippen LogP contribution in [-0.2, 0) is 0 Å². The molecule has 4 rings (SSSR count). The lowest BCUT2D eigenvalue weighted by Crippen LogP contribution is -1.92. The first-order chi connectivity index (χ1) is 11.2. The van der Waals surface area contributed by atoms with Gasteiger partial charge in [-0.25, -0.2) is 14.4 Å². The maximum atomic E-state index is 13.6. The maximum Gasteiger partial charge on any atom is 0.187 e. The van der Waals surface area contributed by atoms with E-state index in [1.165, 1.54) is 17.4 Å². The van der Waals surface area contributed by atoms with E-state index in [4.69, 9.17) is 0 Å². The number of imidazole rings is 1. The summed E-state index contributed by atoms with van der Waals surface area (Å²) in [5.74, 6) is 0.495. The molecule has 0 amide bonds. The van der Waals surface area contributed by atoms with Gasteiger partial charge >= 0.3 is 0 Å². The molecule has 4 nitrogen and oxygen atoms in total. The van der Waals surface area contributed by atoms with Crippen LogP contribution in [-0.4, -0.2) is 15.0 Å². The number of aromatic nitrogens is 3. The standard InChI is InChI=1S/C17H13FN4S/c1-10-6-7-11(8-12(10)18)19-17-22-15(9-23-17)16-20-13-4-2-3-5-14(13)21-16/h2-9H,1H3,(H,19,22)(H,20,21). The first-order valence-corrected chi connectivity index (χ1v) is 8.01. The number of nitrogens with one attached hydrogen (secondary N) is 2. The molecule has 2 aromatic carbocycles. The van der Waals surface area contributed by atoms with E-state index in [1.54, 1.807) is 13.0 Å². The van der Waals surface area contributed by atoms with Crippen LogP contribution in [0.1, 0.15) is 5.56 Å². The molecular formula is C17H13FN4S. The van der Waals surface area contributed by atoms with E-state index in [-0.39, 0.29) is 5.82 Å². The molecule has 0 fully saturated rings. The quantitative estimate of drug-likeness (QED) is 0.565. The number of nitrogens with zero attached hydrogens (tertiary/aromatic N) is 2. The molecule has 2 aromatic heterocycles. The lowest BCUT2D eigenvalue weighted by Gasteiger charge is -2.03. The van der Waals surface area contributed by atoms with E-state index >= 15 is 0 Å². The highest BCUT2D eigenvalue weighted by Crippen LogP contribution is 2.27. The number of rotatable bonds is 3. The van der Waals surface area contributed by atoms with Crippen molar-refractivity contribution in [2.45, 2.75) is 6.92 Å². The number of aromatic amines is 1. The van der Waals surface area contributed by atoms with Gasteiger partial charge in [0.15, 0.2) is 11.0 Å². The van der Waals surface area contributed by atoms with Crippen molar-refractivity contribution in [1.82, 2.24) is 15.0 Å². The molecule has 0 unspecified atom stereocenters. The van der Waals surface area contributed by atoms with Gasteiger partial charge in [0.05, 0.1) is 11.0 Å². The normalized spacial score (nSPS) is 11.0. The predicted octanol–water partition coefficient (Wildman–Crippen LogP) is 4.88. The molecule has 0 saturated heterocycles. The van der Waals surface area contributed by atoms with E-state index in [9.17, 15) is 4.39 Å². The van der Waals surface area contributed by atoms with Crippen LogP contribution < -0.4 is 5.32 Å². The maximum absolute atomic E-state index is 13.6. The minimum absolute atomic E-state index is 0.232. The summed E-state index contributed by atoms with van der Waals surface area (Å²) in [6.07, 6.45) is 0. The van der Waals surface area contributed by atoms with E-state index in [1.807, 2.05) is 35.7 Å². The van der Waals surface area contributed by atoms with E-state index in [0.717, 1.165) is 22.6 Å². The van der Waals surface area contributed by atoms with Crippen molar-refractivity contribution in [3.8, 4) is 11.5 Å². The van der Waals surface area contributed by atoms with Crippen LogP contribution in [0.25, 0.3) is 22.6 Å². The van der Waals surface area contributed by atoms with Crippen LogP contribution in [0.3, 0.4) is 0 Å². The molecular weight excluding hydrogens is 311 g/mol. The van der Waals surface area contributed by atoms with Gasteiger partial charge in [0, 0.05) is 11.1 Å². The van der Waals surface area contributed by atoms with Gasteiger partial charge in [-0.05, 0) is 36.8 Å². The summed E-state index contributed by atoms with van der Waals surface area (Å²) >= 11 is 1.45. The van der Waals surface area contributed by atoms with E-state index in [2.05, 4.69) is 20.3 Å². The van der Waals surface area contributed by atoms with Crippen LogP contribution in [0.5, 0.6) is 0 Å². The Morgan fingerprint density at radius 1 is 1.13 bits per heavy atom. The number of thiazole rings is 1. The SMILES string of the molecule is Cc1ccc(Nc2nc(-c3nc4ccccc4[nH]3)cs2)cc1F. The van der Waals surface area contributed by atoms with Crippen LogP contribution in [0.15, 0.2) is 47.8 Å². The first-order valence-electron chi connectivity index (χ1n) is 7.13. The zero-order valence-corrected chi connectivity index (χ0v) is 13.1. The summed E-state index contributed by atoms with van der Waals surface area (Å²) in [5, 5.41) is 5.74. The third-order valence-corrected chi connectivity index (χ3v) is 4.32. The Morgan fingerprint density at radius 2 is 2.00 bits per heavy atom. The second-order valence-corrected chi connectivity index (χ2v) is 6.09. The Hall–Kier alpha value is -2.73. The lowest BCUT2D eigenvalue weighted by molar-refractivity contribution is 0.619. The molecule has 0 atom stereocenters. The highest BCUT2D eigenvalue weighted by molar-refractivity contribution is 7.14. The van der Waals surface area contributed by atoms with Crippen LogP contribution in [0.2, 0.25) is 0 Å². The van der Waals surface area contributed by atoms with E-state index < -0.39 is 0 Å². The average Bonchev–Trinajstić information content (AvgIpc) is 3.17. The molecule has 0 spiro atoms. The number of halogens is 1. The van der Waals surface area contributed by atoms with Crippen molar-refractivity contribution in [1.29, 1.82) is 0 Å². The van der Waals surface area contributed by atoms with Crippen molar-refractivity contribution in [3.05, 3.63) is 59.2 Å². The topological polar surface area (TPSA) is 53.6 Å². The first kappa shape index (κ1) is 13.9. The van der Waals surface area contributed by atoms with Gasteiger partial charge in [-0.1, -0.05) is 18.2 Å². The summed E-state index contributed by atoms with van der Waals surface area (Å²) in [4.78, 5) is 12.3.